The van der Waals surface area contributed by atoms with Crippen LogP contribution >= 0.6 is 0 Å². The van der Waals surface area contributed by atoms with Crippen LogP contribution in [0, 0.1) is 39.9 Å². The van der Waals surface area contributed by atoms with Crippen molar-refractivity contribution in [2.75, 3.05) is 4.90 Å². The van der Waals surface area contributed by atoms with E-state index in [9.17, 15) is 0 Å². The molecule has 3 nitrogen and oxygen atoms in total. The largest absolute Gasteiger partial charge is 0.473 e. The second-order valence-corrected chi connectivity index (χ2v) is 24.7. The van der Waals surface area contributed by atoms with E-state index in [4.69, 9.17) is 4.42 Å². The van der Waals surface area contributed by atoms with E-state index in [1.165, 1.54) is 29.6 Å². The van der Waals surface area contributed by atoms with Crippen LogP contribution in [0.4, 0.5) is 5.69 Å². The number of hydrogen-bond donors (Lipinski definition) is 1. The molecule has 3 unspecified atom stereocenters. The van der Waals surface area contributed by atoms with Crippen molar-refractivity contribution in [2.45, 2.75) is 200 Å². The van der Waals surface area contributed by atoms with Gasteiger partial charge in [-0.25, -0.2) is 0 Å². The Balaban J connectivity index is 3.02. The molecule has 0 aromatic carbocycles. The van der Waals surface area contributed by atoms with Gasteiger partial charge in [0.25, 0.3) is 0 Å². The highest BCUT2D eigenvalue weighted by Crippen LogP contribution is 2.51. The molecule has 1 N–H and O–H groups in total. The van der Waals surface area contributed by atoms with E-state index >= 15 is 0 Å². The van der Waals surface area contributed by atoms with E-state index in [1.807, 2.05) is 12.2 Å². The highest BCUT2D eigenvalue weighted by Gasteiger charge is 2.45. The van der Waals surface area contributed by atoms with Gasteiger partial charge in [0.15, 0.2) is 0 Å². The van der Waals surface area contributed by atoms with Crippen LogP contribution in [0.2, 0.25) is 0 Å². The molecule has 0 aliphatic heterocycles. The lowest BCUT2D eigenvalue weighted by Gasteiger charge is -2.42. The first-order valence-corrected chi connectivity index (χ1v) is 25.2. The minimum Gasteiger partial charge on any atom is -0.473 e. The number of furan rings is 1. The molecule has 65 heavy (non-hydrogen) atoms. The average Bonchev–Trinajstić information content (AvgIpc) is 3.60. The predicted molar refractivity (Wildman–Crippen MR) is 293 cm³/mol. The highest BCUT2D eigenvalue weighted by atomic mass is 16.3. The van der Waals surface area contributed by atoms with Crippen molar-refractivity contribution in [3.8, 4) is 0 Å². The van der Waals surface area contributed by atoms with Crippen LogP contribution in [0.5, 0.6) is 0 Å². The van der Waals surface area contributed by atoms with Gasteiger partial charge in [-0.05, 0) is 114 Å². The standard InChI is InChI=1S/C61H98BN2O/c1-23-27-50(35-43-63-51(34-37-58(14,15)16)47(9)32-36-57(11,12)13)64(52(25-3)48(10)33-39-59(17,18)38-31-45(6)7)54-53-55(61(21,22)41-40-60(53,19)20)65-56(54)62-42-26-28-49(24-2)46(8)30-29-44(4)5/h23-28,32-35,39,42-46,48,52,63H,1-3,29-31,36-38,40-41H2,4-22H3/b39-33+,42-26+,43-35+,47-32-,49-28+,50-27+,51-34+. The third-order valence-corrected chi connectivity index (χ3v) is 13.2. The highest BCUT2D eigenvalue weighted by molar-refractivity contribution is 6.59. The van der Waals surface area contributed by atoms with Gasteiger partial charge in [0.1, 0.15) is 5.76 Å². The molecule has 4 heteroatoms. The molecule has 3 atom stereocenters. The van der Waals surface area contributed by atoms with E-state index < -0.39 is 0 Å². The maximum absolute atomic E-state index is 7.23. The first-order valence-electron chi connectivity index (χ1n) is 25.2. The minimum absolute atomic E-state index is 0.0709. The van der Waals surface area contributed by atoms with Crippen LogP contribution in [0.15, 0.2) is 126 Å². The third kappa shape index (κ3) is 18.9. The molecular formula is C61H98BN2O. The maximum Gasteiger partial charge on any atom is 0.234 e. The van der Waals surface area contributed by atoms with Crippen molar-refractivity contribution in [2.24, 2.45) is 39.9 Å². The van der Waals surface area contributed by atoms with E-state index in [-0.39, 0.29) is 39.0 Å². The van der Waals surface area contributed by atoms with Gasteiger partial charge in [-0.2, -0.15) is 0 Å². The number of allylic oxidation sites excluding steroid dienone is 11. The van der Waals surface area contributed by atoms with Crippen molar-refractivity contribution < 1.29 is 4.42 Å². The normalized spacial score (nSPS) is 18.1. The quantitative estimate of drug-likeness (QED) is 0.0602. The van der Waals surface area contributed by atoms with Crippen LogP contribution in [-0.2, 0) is 10.8 Å². The molecular weight excluding hydrogens is 787 g/mol. The molecule has 0 spiro atoms. The molecule has 1 radical (unpaired) electrons. The van der Waals surface area contributed by atoms with Crippen LogP contribution in [0.3, 0.4) is 0 Å². The van der Waals surface area contributed by atoms with Gasteiger partial charge in [0.2, 0.25) is 7.28 Å². The second-order valence-electron chi connectivity index (χ2n) is 24.7. The fourth-order valence-corrected chi connectivity index (χ4v) is 8.39. The fourth-order valence-electron chi connectivity index (χ4n) is 8.39. The first-order chi connectivity index (χ1) is 30.0. The molecule has 1 aromatic rings. The molecule has 2 rings (SSSR count). The summed E-state index contributed by atoms with van der Waals surface area (Å²) in [6.07, 6.45) is 35.3. The van der Waals surface area contributed by atoms with Crippen LogP contribution < -0.4 is 15.9 Å². The molecule has 0 saturated heterocycles. The third-order valence-electron chi connectivity index (χ3n) is 13.2. The molecule has 0 fully saturated rings. The van der Waals surface area contributed by atoms with Crippen molar-refractivity contribution in [3.05, 3.63) is 133 Å². The van der Waals surface area contributed by atoms with Gasteiger partial charge in [-0.1, -0.05) is 205 Å². The monoisotopic (exact) mass is 886 g/mol. The summed E-state index contributed by atoms with van der Waals surface area (Å²) >= 11 is 0. The van der Waals surface area contributed by atoms with Crippen LogP contribution in [-0.4, -0.2) is 13.3 Å². The molecule has 1 heterocycles. The topological polar surface area (TPSA) is 28.4 Å². The lowest BCUT2D eigenvalue weighted by atomic mass is 9.64. The molecule has 361 valence electrons. The number of nitrogens with one attached hydrogen (secondary N) is 1. The Hall–Kier alpha value is -3.66. The zero-order valence-corrected chi connectivity index (χ0v) is 45.6. The summed E-state index contributed by atoms with van der Waals surface area (Å²) in [5, 5.41) is 3.77. The summed E-state index contributed by atoms with van der Waals surface area (Å²) in [5.74, 6) is 5.13. The molecule has 0 saturated carbocycles. The van der Waals surface area contributed by atoms with Crippen molar-refractivity contribution >= 4 is 18.6 Å². The summed E-state index contributed by atoms with van der Waals surface area (Å²) in [6, 6.07) is -0.111. The Morgan fingerprint density at radius 2 is 1.42 bits per heavy atom. The Morgan fingerprint density at radius 1 is 0.815 bits per heavy atom. The predicted octanol–water partition coefficient (Wildman–Crippen LogP) is 17.5. The van der Waals surface area contributed by atoms with Gasteiger partial charge in [0, 0.05) is 28.6 Å². The SMILES string of the molecule is C=C/C=C(\C=C\NC(=C/CC(C)(C)C)/C(C)=C\CC(C)(C)C)N(c1c([B]/C=C/C=C(\C=C)C(C)CCC(C)C)oc2c1C(C)(C)CCC2(C)C)C(C=C)C(C)/C=C/C(C)(C)CCC(C)C. The van der Waals surface area contributed by atoms with Gasteiger partial charge in [-0.15, -0.1) is 12.6 Å². The zero-order chi connectivity index (χ0) is 49.6. The molecule has 0 bridgehead atoms. The van der Waals surface area contributed by atoms with Gasteiger partial charge >= 0.3 is 0 Å². The lowest BCUT2D eigenvalue weighted by Crippen LogP contribution is -2.42. The van der Waals surface area contributed by atoms with Crippen LogP contribution in [0.25, 0.3) is 0 Å². The molecule has 1 aliphatic rings. The molecule has 0 amide bonds. The number of rotatable bonds is 25. The summed E-state index contributed by atoms with van der Waals surface area (Å²) in [6.45, 7) is 57.2. The minimum atomic E-state index is -0.137. The van der Waals surface area contributed by atoms with E-state index in [2.05, 4.69) is 236 Å². The van der Waals surface area contributed by atoms with Gasteiger partial charge in [-0.3, -0.25) is 0 Å². The van der Waals surface area contributed by atoms with E-state index in [0.29, 0.717) is 17.8 Å². The average molecular weight is 886 g/mol. The number of hydrogen-bond acceptors (Lipinski definition) is 3. The van der Waals surface area contributed by atoms with Gasteiger partial charge < -0.3 is 14.6 Å². The number of nitrogens with zero attached hydrogens (tertiary/aromatic N) is 1. The zero-order valence-electron chi connectivity index (χ0n) is 45.6. The Kier molecular flexibility index (Phi) is 22.0. The molecule has 1 aromatic heterocycles. The van der Waals surface area contributed by atoms with Crippen molar-refractivity contribution in [1.29, 1.82) is 0 Å². The lowest BCUT2D eigenvalue weighted by molar-refractivity contribution is 0.282. The number of fused-ring (bicyclic) bond motifs is 1. The Bertz CT molecular complexity index is 1910. The van der Waals surface area contributed by atoms with E-state index in [1.54, 1.807) is 0 Å². The van der Waals surface area contributed by atoms with Gasteiger partial charge in [0.05, 0.1) is 17.4 Å². The fraction of sp³-hybridized carbons (Fsp3) is 0.607. The summed E-state index contributed by atoms with van der Waals surface area (Å²) < 4.78 is 7.23. The number of anilines is 1. The Morgan fingerprint density at radius 3 is 1.97 bits per heavy atom. The second kappa shape index (κ2) is 24.9. The maximum atomic E-state index is 7.23. The van der Waals surface area contributed by atoms with Crippen LogP contribution in [0.1, 0.15) is 194 Å². The first kappa shape index (κ1) is 57.5. The summed E-state index contributed by atoms with van der Waals surface area (Å²) in [4.78, 5) is 2.51. The van der Waals surface area contributed by atoms with Crippen molar-refractivity contribution in [1.82, 2.24) is 5.32 Å². The summed E-state index contributed by atoms with van der Waals surface area (Å²) in [7, 11) is 2.18. The Labute approximate surface area is 403 Å². The molecule has 1 aliphatic carbocycles. The smallest absolute Gasteiger partial charge is 0.234 e. The summed E-state index contributed by atoms with van der Waals surface area (Å²) in [5.41, 5.74) is 8.06. The van der Waals surface area contributed by atoms with Crippen molar-refractivity contribution in [3.63, 3.8) is 0 Å². The van der Waals surface area contributed by atoms with E-state index in [0.717, 1.165) is 67.0 Å².